The maximum Gasteiger partial charge on any atom is 0.321 e. The zero-order valence-corrected chi connectivity index (χ0v) is 11.7. The molecule has 0 aromatic heterocycles. The number of nitrogens with zero attached hydrogens (tertiary/aromatic N) is 2. The Balaban J connectivity index is 2.11. The predicted octanol–water partition coefficient (Wildman–Crippen LogP) is 2.97. The van der Waals surface area contributed by atoms with Crippen LogP contribution in [0.2, 0.25) is 0 Å². The van der Waals surface area contributed by atoms with Crippen LogP contribution < -0.4 is 10.1 Å². The van der Waals surface area contributed by atoms with Crippen molar-refractivity contribution < 1.29 is 9.53 Å². The van der Waals surface area contributed by atoms with Gasteiger partial charge in [0.2, 0.25) is 0 Å². The third-order valence-electron chi connectivity index (χ3n) is 3.46. The van der Waals surface area contributed by atoms with E-state index in [2.05, 4.69) is 11.4 Å². The summed E-state index contributed by atoms with van der Waals surface area (Å²) in [6, 6.07) is 6.93. The molecule has 1 heterocycles. The van der Waals surface area contributed by atoms with Crippen LogP contribution in [0.3, 0.4) is 0 Å². The lowest BCUT2D eigenvalue weighted by molar-refractivity contribution is 0.213. The molecule has 0 aliphatic carbocycles. The van der Waals surface area contributed by atoms with E-state index >= 15 is 0 Å². The minimum Gasteiger partial charge on any atom is -0.495 e. The maximum atomic E-state index is 12.3. The Morgan fingerprint density at radius 3 is 2.60 bits per heavy atom. The minimum atomic E-state index is -0.125. The molecule has 0 saturated carbocycles. The Hall–Kier alpha value is -2.22. The number of likely N-dealkylation sites (tertiary alicyclic amines) is 1. The van der Waals surface area contributed by atoms with E-state index in [4.69, 9.17) is 10.00 Å². The Kier molecular flexibility index (Phi) is 4.83. The van der Waals surface area contributed by atoms with Crippen molar-refractivity contribution in [2.75, 3.05) is 25.5 Å². The highest BCUT2D eigenvalue weighted by Gasteiger charge is 2.17. The summed E-state index contributed by atoms with van der Waals surface area (Å²) in [6.07, 6.45) is 4.44. The number of urea groups is 1. The van der Waals surface area contributed by atoms with Crippen molar-refractivity contribution in [2.24, 2.45) is 0 Å². The zero-order chi connectivity index (χ0) is 14.4. The predicted molar refractivity (Wildman–Crippen MR) is 76.8 cm³/mol. The van der Waals surface area contributed by atoms with Gasteiger partial charge in [-0.25, -0.2) is 4.79 Å². The van der Waals surface area contributed by atoms with Crippen molar-refractivity contribution in [3.8, 4) is 11.8 Å². The normalized spacial score (nSPS) is 15.1. The summed E-state index contributed by atoms with van der Waals surface area (Å²) in [6.45, 7) is 1.57. The number of nitrogens with one attached hydrogen (secondary N) is 1. The summed E-state index contributed by atoms with van der Waals surface area (Å²) in [4.78, 5) is 14.1. The number of nitriles is 1. The van der Waals surface area contributed by atoms with Gasteiger partial charge >= 0.3 is 6.03 Å². The van der Waals surface area contributed by atoms with Crippen LogP contribution in [0, 0.1) is 11.3 Å². The molecule has 1 fully saturated rings. The molecule has 106 valence electrons. The maximum absolute atomic E-state index is 12.3. The Morgan fingerprint density at radius 2 is 2.00 bits per heavy atom. The second-order valence-corrected chi connectivity index (χ2v) is 4.86. The number of carbonyl (C=O) groups excluding carboxylic acids is 1. The number of methoxy groups -OCH3 is 1. The van der Waals surface area contributed by atoms with E-state index in [0.717, 1.165) is 25.9 Å². The van der Waals surface area contributed by atoms with Gasteiger partial charge in [-0.1, -0.05) is 12.8 Å². The Morgan fingerprint density at radius 1 is 1.30 bits per heavy atom. The standard InChI is InChI=1S/C15H19N3O2/c1-20-14-7-6-12(11-16)10-13(14)17-15(19)18-8-4-2-3-5-9-18/h6-7,10H,2-5,8-9H2,1H3,(H,17,19). The summed E-state index contributed by atoms with van der Waals surface area (Å²) < 4.78 is 5.22. The quantitative estimate of drug-likeness (QED) is 0.900. The van der Waals surface area contributed by atoms with Crippen molar-refractivity contribution in [3.05, 3.63) is 23.8 Å². The van der Waals surface area contributed by atoms with Crippen molar-refractivity contribution >= 4 is 11.7 Å². The molecule has 0 unspecified atom stereocenters. The summed E-state index contributed by atoms with van der Waals surface area (Å²) in [5.41, 5.74) is 1.04. The molecule has 0 spiro atoms. The summed E-state index contributed by atoms with van der Waals surface area (Å²) in [5.74, 6) is 0.562. The molecule has 0 bridgehead atoms. The molecule has 0 atom stereocenters. The summed E-state index contributed by atoms with van der Waals surface area (Å²) in [5, 5.41) is 11.8. The highest BCUT2D eigenvalue weighted by Crippen LogP contribution is 2.25. The third kappa shape index (κ3) is 3.41. The van der Waals surface area contributed by atoms with Gasteiger partial charge in [-0.15, -0.1) is 0 Å². The first-order valence-electron chi connectivity index (χ1n) is 6.88. The Bertz CT molecular complexity index is 514. The number of amides is 2. The molecule has 20 heavy (non-hydrogen) atoms. The molecule has 1 aliphatic rings. The molecule has 1 aromatic carbocycles. The molecule has 5 heteroatoms. The van der Waals surface area contributed by atoms with Crippen LogP contribution in [-0.4, -0.2) is 31.1 Å². The van der Waals surface area contributed by atoms with Crippen LogP contribution in [0.5, 0.6) is 5.75 Å². The number of ether oxygens (including phenoxy) is 1. The van der Waals surface area contributed by atoms with Gasteiger partial charge < -0.3 is 15.0 Å². The number of benzene rings is 1. The molecule has 1 aromatic rings. The number of hydrogen-bond donors (Lipinski definition) is 1. The van der Waals surface area contributed by atoms with Crippen LogP contribution >= 0.6 is 0 Å². The van der Waals surface area contributed by atoms with Crippen LogP contribution in [0.15, 0.2) is 18.2 Å². The highest BCUT2D eigenvalue weighted by molar-refractivity contribution is 5.91. The molecule has 0 radical (unpaired) electrons. The van der Waals surface area contributed by atoms with Gasteiger partial charge in [-0.05, 0) is 31.0 Å². The monoisotopic (exact) mass is 273 g/mol. The molecule has 2 amide bonds. The fourth-order valence-electron chi connectivity index (χ4n) is 2.34. The second-order valence-electron chi connectivity index (χ2n) is 4.86. The van der Waals surface area contributed by atoms with Crippen LogP contribution in [0.25, 0.3) is 0 Å². The lowest BCUT2D eigenvalue weighted by Gasteiger charge is -2.21. The van der Waals surface area contributed by atoms with Gasteiger partial charge in [0.1, 0.15) is 5.75 Å². The van der Waals surface area contributed by atoms with Crippen LogP contribution in [0.1, 0.15) is 31.2 Å². The smallest absolute Gasteiger partial charge is 0.321 e. The molecule has 2 rings (SSSR count). The lowest BCUT2D eigenvalue weighted by atomic mass is 10.2. The molecular weight excluding hydrogens is 254 g/mol. The first kappa shape index (κ1) is 14.2. The van der Waals surface area contributed by atoms with Crippen molar-refractivity contribution in [2.45, 2.75) is 25.7 Å². The topological polar surface area (TPSA) is 65.4 Å². The van der Waals surface area contributed by atoms with E-state index in [-0.39, 0.29) is 6.03 Å². The summed E-state index contributed by atoms with van der Waals surface area (Å²) in [7, 11) is 1.54. The molecule has 1 N–H and O–H groups in total. The van der Waals surface area contributed by atoms with E-state index < -0.39 is 0 Å². The van der Waals surface area contributed by atoms with Crippen molar-refractivity contribution in [1.29, 1.82) is 5.26 Å². The first-order chi connectivity index (χ1) is 9.74. The average Bonchev–Trinajstić information content (AvgIpc) is 2.76. The van der Waals surface area contributed by atoms with Gasteiger partial charge in [0.15, 0.2) is 0 Å². The van der Waals surface area contributed by atoms with E-state index in [9.17, 15) is 4.79 Å². The average molecular weight is 273 g/mol. The fraction of sp³-hybridized carbons (Fsp3) is 0.467. The van der Waals surface area contributed by atoms with Gasteiger partial charge in [0, 0.05) is 13.1 Å². The van der Waals surface area contributed by atoms with E-state index in [1.165, 1.54) is 12.8 Å². The number of hydrogen-bond acceptors (Lipinski definition) is 3. The van der Waals surface area contributed by atoms with Gasteiger partial charge in [-0.2, -0.15) is 5.26 Å². The number of rotatable bonds is 2. The molecular formula is C15H19N3O2. The largest absolute Gasteiger partial charge is 0.495 e. The number of anilines is 1. The number of carbonyl (C=O) groups is 1. The fourth-order valence-corrected chi connectivity index (χ4v) is 2.34. The van der Waals surface area contributed by atoms with E-state index in [1.54, 1.807) is 25.3 Å². The van der Waals surface area contributed by atoms with E-state index in [1.807, 2.05) is 4.90 Å². The SMILES string of the molecule is COc1ccc(C#N)cc1NC(=O)N1CCCCCC1. The van der Waals surface area contributed by atoms with Gasteiger partial charge in [-0.3, -0.25) is 0 Å². The molecule has 1 aliphatic heterocycles. The van der Waals surface area contributed by atoms with Gasteiger partial charge in [0.05, 0.1) is 24.4 Å². The third-order valence-corrected chi connectivity index (χ3v) is 3.46. The first-order valence-corrected chi connectivity index (χ1v) is 6.88. The zero-order valence-electron chi connectivity index (χ0n) is 11.7. The van der Waals surface area contributed by atoms with E-state index in [0.29, 0.717) is 17.0 Å². The van der Waals surface area contributed by atoms with Crippen molar-refractivity contribution in [1.82, 2.24) is 4.90 Å². The minimum absolute atomic E-state index is 0.125. The van der Waals surface area contributed by atoms with Crippen LogP contribution in [-0.2, 0) is 0 Å². The van der Waals surface area contributed by atoms with Crippen molar-refractivity contribution in [3.63, 3.8) is 0 Å². The van der Waals surface area contributed by atoms with Gasteiger partial charge in [0.25, 0.3) is 0 Å². The highest BCUT2D eigenvalue weighted by atomic mass is 16.5. The lowest BCUT2D eigenvalue weighted by Crippen LogP contribution is -2.35. The molecule has 5 nitrogen and oxygen atoms in total. The Labute approximate surface area is 119 Å². The molecule has 1 saturated heterocycles. The van der Waals surface area contributed by atoms with Crippen LogP contribution in [0.4, 0.5) is 10.5 Å². The summed E-state index contributed by atoms with van der Waals surface area (Å²) >= 11 is 0. The second kappa shape index (κ2) is 6.80.